The molecule has 1 amide bonds. The molecular formula is C17H25NO3. The van der Waals surface area contributed by atoms with Gasteiger partial charge >= 0.3 is 6.09 Å². The second-order valence-corrected chi connectivity index (χ2v) is 5.87. The predicted octanol–water partition coefficient (Wildman–Crippen LogP) is 3.84. The molecule has 1 aromatic carbocycles. The summed E-state index contributed by atoms with van der Waals surface area (Å²) in [6, 6.07) is 7.96. The minimum Gasteiger partial charge on any atom is -0.494 e. The maximum Gasteiger partial charge on any atom is 0.410 e. The largest absolute Gasteiger partial charge is 0.494 e. The number of ether oxygens (including phenoxy) is 2. The molecule has 2 atom stereocenters. The van der Waals surface area contributed by atoms with Crippen LogP contribution in [0.1, 0.15) is 39.2 Å². The maximum absolute atomic E-state index is 11.6. The number of rotatable bonds is 7. The van der Waals surface area contributed by atoms with Gasteiger partial charge in [-0.3, -0.25) is 0 Å². The Kier molecular flexibility index (Phi) is 5.48. The van der Waals surface area contributed by atoms with Crippen LogP contribution in [0.3, 0.4) is 0 Å². The Morgan fingerprint density at radius 2 is 2.10 bits per heavy atom. The summed E-state index contributed by atoms with van der Waals surface area (Å²) in [5.74, 6) is 1.59. The van der Waals surface area contributed by atoms with Crippen LogP contribution in [-0.2, 0) is 11.3 Å². The van der Waals surface area contributed by atoms with Gasteiger partial charge in [0.15, 0.2) is 0 Å². The highest BCUT2D eigenvalue weighted by atomic mass is 16.6. The average Bonchev–Trinajstić information content (AvgIpc) is 2.78. The fourth-order valence-electron chi connectivity index (χ4n) is 2.29. The highest BCUT2D eigenvalue weighted by molar-refractivity contribution is 5.69. The number of carbonyl (C=O) groups excluding carboxylic acids is 1. The van der Waals surface area contributed by atoms with Crippen LogP contribution in [0.5, 0.6) is 5.75 Å². The topological polar surface area (TPSA) is 38.8 Å². The average molecular weight is 291 g/mol. The monoisotopic (exact) mass is 291 g/mol. The van der Waals surface area contributed by atoms with Gasteiger partial charge in [0.2, 0.25) is 0 Å². The molecule has 116 valence electrons. The second-order valence-electron chi connectivity index (χ2n) is 5.87. The number of hydrogen-bond acceptors (Lipinski definition) is 3. The van der Waals surface area contributed by atoms with E-state index in [0.29, 0.717) is 19.0 Å². The summed E-state index contributed by atoms with van der Waals surface area (Å²) in [5, 5.41) is 0. The summed E-state index contributed by atoms with van der Waals surface area (Å²) in [6.45, 7) is 8.35. The summed E-state index contributed by atoms with van der Waals surface area (Å²) in [7, 11) is 0. The van der Waals surface area contributed by atoms with Crippen LogP contribution in [0.4, 0.5) is 4.79 Å². The molecule has 1 aliphatic heterocycles. The molecule has 0 spiro atoms. The van der Waals surface area contributed by atoms with Gasteiger partial charge in [-0.1, -0.05) is 32.4 Å². The van der Waals surface area contributed by atoms with Gasteiger partial charge in [0.1, 0.15) is 11.9 Å². The first kappa shape index (κ1) is 15.7. The van der Waals surface area contributed by atoms with Crippen molar-refractivity contribution in [3.63, 3.8) is 0 Å². The van der Waals surface area contributed by atoms with Gasteiger partial charge in [-0.15, -0.1) is 0 Å². The molecular weight excluding hydrogens is 266 g/mol. The zero-order valence-electron chi connectivity index (χ0n) is 13.2. The van der Waals surface area contributed by atoms with E-state index in [9.17, 15) is 4.79 Å². The minimum absolute atomic E-state index is 0.0133. The smallest absolute Gasteiger partial charge is 0.410 e. The predicted molar refractivity (Wildman–Crippen MR) is 82.4 cm³/mol. The molecule has 1 fully saturated rings. The van der Waals surface area contributed by atoms with Gasteiger partial charge in [0.05, 0.1) is 13.2 Å². The molecule has 4 heteroatoms. The molecule has 1 saturated heterocycles. The highest BCUT2D eigenvalue weighted by Crippen LogP contribution is 2.18. The van der Waals surface area contributed by atoms with Gasteiger partial charge in [-0.2, -0.15) is 0 Å². The van der Waals surface area contributed by atoms with Crippen molar-refractivity contribution in [1.82, 2.24) is 4.90 Å². The molecule has 0 aliphatic carbocycles. The van der Waals surface area contributed by atoms with Crippen LogP contribution in [0.2, 0.25) is 0 Å². The van der Waals surface area contributed by atoms with Crippen molar-refractivity contribution in [2.24, 2.45) is 5.92 Å². The van der Waals surface area contributed by atoms with Crippen molar-refractivity contribution in [1.29, 1.82) is 0 Å². The lowest BCUT2D eigenvalue weighted by Gasteiger charge is -2.13. The summed E-state index contributed by atoms with van der Waals surface area (Å²) < 4.78 is 10.9. The summed E-state index contributed by atoms with van der Waals surface area (Å²) >= 11 is 0. The number of amides is 1. The third-order valence-corrected chi connectivity index (χ3v) is 3.91. The standard InChI is InChI=1S/C17H25NO3/c1-4-13(2)9-10-20-16-7-5-15(6-8-16)12-18-11-14(3)21-17(18)19/h5-8,13-14H,4,9-12H2,1-3H3. The molecule has 21 heavy (non-hydrogen) atoms. The van der Waals surface area contributed by atoms with Crippen molar-refractivity contribution in [2.45, 2.75) is 46.3 Å². The van der Waals surface area contributed by atoms with Gasteiger partial charge < -0.3 is 14.4 Å². The van der Waals surface area contributed by atoms with E-state index in [2.05, 4.69) is 13.8 Å². The van der Waals surface area contributed by atoms with Crippen molar-refractivity contribution >= 4 is 6.09 Å². The number of hydrogen-bond donors (Lipinski definition) is 0. The molecule has 0 radical (unpaired) electrons. The Balaban J connectivity index is 1.80. The number of benzene rings is 1. The lowest BCUT2D eigenvalue weighted by molar-refractivity contribution is 0.137. The fraction of sp³-hybridized carbons (Fsp3) is 0.588. The summed E-state index contributed by atoms with van der Waals surface area (Å²) in [4.78, 5) is 13.3. The molecule has 0 aromatic heterocycles. The lowest BCUT2D eigenvalue weighted by Crippen LogP contribution is -2.24. The molecule has 1 aromatic rings. The van der Waals surface area contributed by atoms with Crippen LogP contribution in [0.25, 0.3) is 0 Å². The number of nitrogens with zero attached hydrogens (tertiary/aromatic N) is 1. The quantitative estimate of drug-likeness (QED) is 0.766. The van der Waals surface area contributed by atoms with Gasteiger partial charge in [0.25, 0.3) is 0 Å². The zero-order chi connectivity index (χ0) is 15.2. The maximum atomic E-state index is 11.6. The van der Waals surface area contributed by atoms with E-state index >= 15 is 0 Å². The molecule has 1 aliphatic rings. The van der Waals surface area contributed by atoms with E-state index in [4.69, 9.17) is 9.47 Å². The molecule has 2 unspecified atom stereocenters. The van der Waals surface area contributed by atoms with E-state index in [1.807, 2.05) is 31.2 Å². The van der Waals surface area contributed by atoms with Crippen LogP contribution in [0.15, 0.2) is 24.3 Å². The molecule has 2 rings (SSSR count). The normalized spacial score (nSPS) is 19.5. The summed E-state index contributed by atoms with van der Waals surface area (Å²) in [6.07, 6.45) is 2.03. The van der Waals surface area contributed by atoms with Gasteiger partial charge in [-0.05, 0) is 37.0 Å². The molecule has 0 bridgehead atoms. The van der Waals surface area contributed by atoms with Crippen LogP contribution in [-0.4, -0.2) is 30.2 Å². The van der Waals surface area contributed by atoms with Gasteiger partial charge in [0, 0.05) is 6.54 Å². The third kappa shape index (κ3) is 4.66. The SMILES string of the molecule is CCC(C)CCOc1ccc(CN2CC(C)OC2=O)cc1. The molecule has 1 heterocycles. The van der Waals surface area contributed by atoms with Crippen molar-refractivity contribution < 1.29 is 14.3 Å². The van der Waals surface area contributed by atoms with E-state index in [-0.39, 0.29) is 12.2 Å². The Hall–Kier alpha value is -1.71. The molecule has 0 N–H and O–H groups in total. The Morgan fingerprint density at radius 1 is 1.38 bits per heavy atom. The van der Waals surface area contributed by atoms with E-state index in [0.717, 1.165) is 24.3 Å². The van der Waals surface area contributed by atoms with Crippen LogP contribution < -0.4 is 4.74 Å². The Morgan fingerprint density at radius 3 is 2.67 bits per heavy atom. The zero-order valence-corrected chi connectivity index (χ0v) is 13.2. The summed E-state index contributed by atoms with van der Waals surface area (Å²) in [5.41, 5.74) is 1.09. The number of carbonyl (C=O) groups is 1. The van der Waals surface area contributed by atoms with Crippen LogP contribution >= 0.6 is 0 Å². The highest BCUT2D eigenvalue weighted by Gasteiger charge is 2.27. The molecule has 4 nitrogen and oxygen atoms in total. The fourth-order valence-corrected chi connectivity index (χ4v) is 2.29. The Labute approximate surface area is 127 Å². The third-order valence-electron chi connectivity index (χ3n) is 3.91. The van der Waals surface area contributed by atoms with E-state index in [1.165, 1.54) is 6.42 Å². The van der Waals surface area contributed by atoms with E-state index < -0.39 is 0 Å². The first-order valence-corrected chi connectivity index (χ1v) is 7.75. The van der Waals surface area contributed by atoms with Crippen molar-refractivity contribution in [3.8, 4) is 5.75 Å². The van der Waals surface area contributed by atoms with E-state index in [1.54, 1.807) is 4.90 Å². The second kappa shape index (κ2) is 7.34. The van der Waals surface area contributed by atoms with Crippen molar-refractivity contribution in [2.75, 3.05) is 13.2 Å². The molecule has 0 saturated carbocycles. The Bertz CT molecular complexity index is 458. The van der Waals surface area contributed by atoms with Gasteiger partial charge in [-0.25, -0.2) is 4.79 Å². The first-order valence-electron chi connectivity index (χ1n) is 7.75. The minimum atomic E-state index is -0.226. The first-order chi connectivity index (χ1) is 10.1. The lowest BCUT2D eigenvalue weighted by atomic mass is 10.1. The van der Waals surface area contributed by atoms with Crippen molar-refractivity contribution in [3.05, 3.63) is 29.8 Å². The number of cyclic esters (lactones) is 1. The van der Waals surface area contributed by atoms with Crippen LogP contribution in [0, 0.1) is 5.92 Å².